The highest BCUT2D eigenvalue weighted by atomic mass is 32.2. The maximum atomic E-state index is 12.9. The number of imide groups is 1. The molecule has 0 unspecified atom stereocenters. The van der Waals surface area contributed by atoms with Gasteiger partial charge in [0.2, 0.25) is 21.8 Å². The van der Waals surface area contributed by atoms with Crippen LogP contribution in [-0.4, -0.2) is 20.2 Å². The molecule has 1 heterocycles. The average Bonchev–Trinajstić information content (AvgIpc) is 2.62. The van der Waals surface area contributed by atoms with Crippen LogP contribution in [0.15, 0.2) is 53.4 Å². The van der Waals surface area contributed by atoms with Gasteiger partial charge in [0, 0.05) is 19.4 Å². The summed E-state index contributed by atoms with van der Waals surface area (Å²) in [6.45, 7) is 0.0213. The average molecular weight is 376 g/mol. The first kappa shape index (κ1) is 18.2. The molecule has 1 fully saturated rings. The SMILES string of the molecule is O=C1CCCC(=O)N1c1ccc(S(=O)(=O)NCc2ccc(F)cc2)cc1. The molecule has 2 aromatic carbocycles. The Balaban J connectivity index is 1.73. The number of rotatable bonds is 5. The molecule has 0 saturated carbocycles. The van der Waals surface area contributed by atoms with Gasteiger partial charge in [0.25, 0.3) is 0 Å². The topological polar surface area (TPSA) is 83.6 Å². The van der Waals surface area contributed by atoms with Gasteiger partial charge >= 0.3 is 0 Å². The summed E-state index contributed by atoms with van der Waals surface area (Å²) >= 11 is 0. The number of nitrogens with one attached hydrogen (secondary N) is 1. The molecule has 136 valence electrons. The Hall–Kier alpha value is -2.58. The van der Waals surface area contributed by atoms with Crippen LogP contribution in [0, 0.1) is 5.82 Å². The number of carbonyl (C=O) groups excluding carboxylic acids is 2. The second kappa shape index (κ2) is 7.35. The van der Waals surface area contributed by atoms with Crippen molar-refractivity contribution < 1.29 is 22.4 Å². The number of nitrogens with zero attached hydrogens (tertiary/aromatic N) is 1. The van der Waals surface area contributed by atoms with E-state index in [0.29, 0.717) is 30.5 Å². The van der Waals surface area contributed by atoms with E-state index in [4.69, 9.17) is 0 Å². The summed E-state index contributed by atoms with van der Waals surface area (Å²) < 4.78 is 40.0. The molecule has 1 saturated heterocycles. The van der Waals surface area contributed by atoms with Crippen molar-refractivity contribution in [3.63, 3.8) is 0 Å². The molecule has 0 spiro atoms. The molecule has 6 nitrogen and oxygen atoms in total. The molecule has 2 amide bonds. The first-order valence-corrected chi connectivity index (χ1v) is 9.55. The van der Waals surface area contributed by atoms with Crippen molar-refractivity contribution in [3.05, 3.63) is 59.9 Å². The van der Waals surface area contributed by atoms with Crippen LogP contribution in [0.25, 0.3) is 0 Å². The Morgan fingerprint density at radius 3 is 2.08 bits per heavy atom. The van der Waals surface area contributed by atoms with Gasteiger partial charge in [0.15, 0.2) is 0 Å². The quantitative estimate of drug-likeness (QED) is 0.812. The minimum absolute atomic E-state index is 0.0141. The van der Waals surface area contributed by atoms with Crippen LogP contribution in [0.1, 0.15) is 24.8 Å². The normalized spacial score (nSPS) is 15.3. The summed E-state index contributed by atoms with van der Waals surface area (Å²) in [6, 6.07) is 11.1. The molecule has 2 aromatic rings. The van der Waals surface area contributed by atoms with Crippen LogP contribution in [0.3, 0.4) is 0 Å². The molecule has 1 aliphatic rings. The first-order chi connectivity index (χ1) is 12.4. The molecule has 0 atom stereocenters. The number of amides is 2. The van der Waals surface area contributed by atoms with E-state index in [9.17, 15) is 22.4 Å². The molecule has 26 heavy (non-hydrogen) atoms. The fourth-order valence-electron chi connectivity index (χ4n) is 2.68. The van der Waals surface area contributed by atoms with Crippen molar-refractivity contribution in [1.82, 2.24) is 4.72 Å². The number of benzene rings is 2. The Bertz CT molecular complexity index is 909. The third kappa shape index (κ3) is 3.97. The molecular weight excluding hydrogens is 359 g/mol. The predicted molar refractivity (Wildman–Crippen MR) is 93.2 cm³/mol. The van der Waals surface area contributed by atoms with Gasteiger partial charge in [0.1, 0.15) is 5.82 Å². The van der Waals surface area contributed by atoms with Crippen LogP contribution in [0.2, 0.25) is 0 Å². The second-order valence-corrected chi connectivity index (χ2v) is 7.69. The fraction of sp³-hybridized carbons (Fsp3) is 0.222. The van der Waals surface area contributed by atoms with Crippen LogP contribution in [-0.2, 0) is 26.2 Å². The van der Waals surface area contributed by atoms with Gasteiger partial charge in [-0.15, -0.1) is 0 Å². The Labute approximate surface area is 150 Å². The minimum atomic E-state index is -3.78. The number of hydrogen-bond donors (Lipinski definition) is 1. The van der Waals surface area contributed by atoms with Crippen LogP contribution >= 0.6 is 0 Å². The molecule has 0 aromatic heterocycles. The van der Waals surface area contributed by atoms with Gasteiger partial charge in [0.05, 0.1) is 10.6 Å². The van der Waals surface area contributed by atoms with E-state index in [2.05, 4.69) is 4.72 Å². The number of anilines is 1. The maximum absolute atomic E-state index is 12.9. The highest BCUT2D eigenvalue weighted by molar-refractivity contribution is 7.89. The van der Waals surface area contributed by atoms with Crippen LogP contribution in [0.5, 0.6) is 0 Å². The van der Waals surface area contributed by atoms with E-state index in [-0.39, 0.29) is 23.3 Å². The molecule has 1 N–H and O–H groups in total. The number of sulfonamides is 1. The third-order valence-electron chi connectivity index (χ3n) is 4.06. The van der Waals surface area contributed by atoms with E-state index in [0.717, 1.165) is 4.90 Å². The summed E-state index contributed by atoms with van der Waals surface area (Å²) in [4.78, 5) is 24.9. The van der Waals surface area contributed by atoms with Gasteiger partial charge < -0.3 is 0 Å². The van der Waals surface area contributed by atoms with Gasteiger partial charge in [-0.25, -0.2) is 17.5 Å². The second-order valence-electron chi connectivity index (χ2n) is 5.92. The summed E-state index contributed by atoms with van der Waals surface area (Å²) in [5.41, 5.74) is 0.980. The van der Waals surface area contributed by atoms with Gasteiger partial charge in [-0.3, -0.25) is 14.5 Å². The summed E-state index contributed by atoms with van der Waals surface area (Å²) in [5, 5.41) is 0. The van der Waals surface area contributed by atoms with Gasteiger partial charge in [-0.1, -0.05) is 12.1 Å². The Morgan fingerprint density at radius 1 is 0.923 bits per heavy atom. The van der Waals surface area contributed by atoms with Crippen molar-refractivity contribution in [3.8, 4) is 0 Å². The molecule has 0 radical (unpaired) electrons. The number of halogens is 1. The standard InChI is InChI=1S/C18H17FN2O4S/c19-14-6-4-13(5-7-14)12-20-26(24,25)16-10-8-15(9-11-16)21-17(22)2-1-3-18(21)23/h4-11,20H,1-3,12H2. The van der Waals surface area contributed by atoms with E-state index >= 15 is 0 Å². The maximum Gasteiger partial charge on any atom is 0.240 e. The fourth-order valence-corrected chi connectivity index (χ4v) is 3.70. The van der Waals surface area contributed by atoms with E-state index in [1.54, 1.807) is 0 Å². The van der Waals surface area contributed by atoms with Crippen molar-refractivity contribution in [2.24, 2.45) is 0 Å². The van der Waals surface area contributed by atoms with Gasteiger partial charge in [-0.2, -0.15) is 0 Å². The van der Waals surface area contributed by atoms with E-state index in [1.807, 2.05) is 0 Å². The molecule has 1 aliphatic heterocycles. The molecule has 0 aliphatic carbocycles. The number of hydrogen-bond acceptors (Lipinski definition) is 4. The lowest BCUT2D eigenvalue weighted by atomic mass is 10.1. The zero-order valence-corrected chi connectivity index (χ0v) is 14.6. The summed E-state index contributed by atoms with van der Waals surface area (Å²) in [5.74, 6) is -0.966. The number of piperidine rings is 1. The molecule has 3 rings (SSSR count). The highest BCUT2D eigenvalue weighted by Gasteiger charge is 2.27. The third-order valence-corrected chi connectivity index (χ3v) is 5.48. The Morgan fingerprint density at radius 2 is 1.50 bits per heavy atom. The first-order valence-electron chi connectivity index (χ1n) is 8.07. The molecular formula is C18H17FN2O4S. The lowest BCUT2D eigenvalue weighted by molar-refractivity contribution is -0.129. The predicted octanol–water partition coefficient (Wildman–Crippen LogP) is 2.35. The van der Waals surface area contributed by atoms with Crippen molar-refractivity contribution >= 4 is 27.5 Å². The largest absolute Gasteiger partial charge is 0.274 e. The van der Waals surface area contributed by atoms with E-state index < -0.39 is 15.8 Å². The molecule has 8 heteroatoms. The smallest absolute Gasteiger partial charge is 0.240 e. The monoisotopic (exact) mass is 376 g/mol. The van der Waals surface area contributed by atoms with E-state index in [1.165, 1.54) is 48.5 Å². The van der Waals surface area contributed by atoms with Crippen LogP contribution in [0.4, 0.5) is 10.1 Å². The van der Waals surface area contributed by atoms with Gasteiger partial charge in [-0.05, 0) is 48.4 Å². The zero-order valence-electron chi connectivity index (χ0n) is 13.8. The van der Waals surface area contributed by atoms with Crippen molar-refractivity contribution in [2.45, 2.75) is 30.7 Å². The Kier molecular flexibility index (Phi) is 5.15. The molecule has 0 bridgehead atoms. The van der Waals surface area contributed by atoms with Crippen molar-refractivity contribution in [1.29, 1.82) is 0 Å². The lowest BCUT2D eigenvalue weighted by Crippen LogP contribution is -2.40. The van der Waals surface area contributed by atoms with Crippen LogP contribution < -0.4 is 9.62 Å². The number of carbonyl (C=O) groups is 2. The summed E-state index contributed by atoms with van der Waals surface area (Å²) in [7, 11) is -3.78. The zero-order chi connectivity index (χ0) is 18.7. The highest BCUT2D eigenvalue weighted by Crippen LogP contribution is 2.23. The van der Waals surface area contributed by atoms with Crippen molar-refractivity contribution in [2.75, 3.05) is 4.90 Å². The lowest BCUT2D eigenvalue weighted by Gasteiger charge is -2.24. The minimum Gasteiger partial charge on any atom is -0.274 e. The summed E-state index contributed by atoms with van der Waals surface area (Å²) in [6.07, 6.45) is 1.13.